The predicted molar refractivity (Wildman–Crippen MR) is 104 cm³/mol. The molecule has 0 fully saturated rings. The smallest absolute Gasteiger partial charge is 0.0977 e. The van der Waals surface area contributed by atoms with Gasteiger partial charge in [-0.3, -0.25) is 4.98 Å². The summed E-state index contributed by atoms with van der Waals surface area (Å²) in [5.74, 6) is 0. The number of rotatable bonds is 6. The first-order valence-electron chi connectivity index (χ1n) is 9.25. The number of benzene rings is 1. The highest BCUT2D eigenvalue weighted by molar-refractivity contribution is 5.77. The van der Waals surface area contributed by atoms with Crippen LogP contribution >= 0.6 is 0 Å². The number of para-hydroxylation sites is 1. The molecule has 2 heterocycles. The molecule has 0 N–H and O–H groups in total. The predicted octanol–water partition coefficient (Wildman–Crippen LogP) is 5.26. The van der Waals surface area contributed by atoms with E-state index in [1.807, 2.05) is 30.5 Å². The number of hydrogen-bond acceptors (Lipinski definition) is 3. The number of pyridine rings is 1. The Balaban J connectivity index is 0.000000182. The van der Waals surface area contributed by atoms with Crippen molar-refractivity contribution in [3.8, 4) is 0 Å². The van der Waals surface area contributed by atoms with E-state index in [0.29, 0.717) is 6.17 Å². The molecule has 3 heteroatoms. The second kappa shape index (κ2) is 9.96. The summed E-state index contributed by atoms with van der Waals surface area (Å²) in [4.78, 5) is 9.07. The van der Waals surface area contributed by atoms with Crippen LogP contribution in [0.25, 0.3) is 10.9 Å². The number of fused-ring (bicyclic) bond motifs is 1. The maximum Gasteiger partial charge on any atom is 0.0977 e. The van der Waals surface area contributed by atoms with Gasteiger partial charge >= 0.3 is 0 Å². The normalized spacial score (nSPS) is 14.1. The molecule has 0 aliphatic carbocycles. The molecule has 0 atom stereocenters. The molecule has 0 spiro atoms. The van der Waals surface area contributed by atoms with E-state index in [-0.39, 0.29) is 0 Å². The molecule has 0 amide bonds. The Morgan fingerprint density at radius 3 is 2.04 bits per heavy atom. The minimum Gasteiger partial charge on any atom is -0.356 e. The Kier molecular flexibility index (Phi) is 7.60. The maximum absolute atomic E-state index is 4.18. The van der Waals surface area contributed by atoms with E-state index < -0.39 is 0 Å². The van der Waals surface area contributed by atoms with Gasteiger partial charge in [-0.15, -0.1) is 0 Å². The van der Waals surface area contributed by atoms with Crippen molar-refractivity contribution in [3.63, 3.8) is 0 Å². The van der Waals surface area contributed by atoms with Crippen LogP contribution in [0, 0.1) is 0 Å². The maximum atomic E-state index is 4.18. The van der Waals surface area contributed by atoms with Crippen LogP contribution in [0.3, 0.4) is 0 Å². The van der Waals surface area contributed by atoms with Crippen molar-refractivity contribution < 1.29 is 0 Å². The standard InChI is InChI=1S/C12H24N2.C9H7N/c1-4-6-8-13-10-11-14(12(13)3)9-7-5-2;1-2-6-9-8(4-1)5-3-7-10-9/h10-12H,4-9H2,1-3H3;1-7H. The third-order valence-corrected chi connectivity index (χ3v) is 4.46. The van der Waals surface area contributed by atoms with Crippen LogP contribution in [0.4, 0.5) is 0 Å². The van der Waals surface area contributed by atoms with Gasteiger partial charge in [0.25, 0.3) is 0 Å². The van der Waals surface area contributed by atoms with Crippen molar-refractivity contribution >= 4 is 10.9 Å². The molecule has 0 saturated carbocycles. The summed E-state index contributed by atoms with van der Waals surface area (Å²) in [5, 5.41) is 1.20. The molecule has 0 saturated heterocycles. The van der Waals surface area contributed by atoms with Crippen LogP contribution in [0.15, 0.2) is 55.0 Å². The molecule has 1 aromatic heterocycles. The Labute approximate surface area is 147 Å². The van der Waals surface area contributed by atoms with Gasteiger partial charge < -0.3 is 9.80 Å². The highest BCUT2D eigenvalue weighted by Gasteiger charge is 2.19. The minimum absolute atomic E-state index is 0.577. The van der Waals surface area contributed by atoms with Gasteiger partial charge in [0.1, 0.15) is 0 Å². The molecule has 0 radical (unpaired) electrons. The molecule has 3 nitrogen and oxygen atoms in total. The lowest BCUT2D eigenvalue weighted by molar-refractivity contribution is 0.167. The van der Waals surface area contributed by atoms with E-state index >= 15 is 0 Å². The van der Waals surface area contributed by atoms with Gasteiger partial charge in [0.15, 0.2) is 0 Å². The molecule has 2 aromatic rings. The number of hydrogen-bond donors (Lipinski definition) is 0. The van der Waals surface area contributed by atoms with E-state index in [0.717, 1.165) is 5.52 Å². The topological polar surface area (TPSA) is 19.4 Å². The second-order valence-corrected chi connectivity index (χ2v) is 6.31. The highest BCUT2D eigenvalue weighted by atomic mass is 15.4. The number of aromatic nitrogens is 1. The third-order valence-electron chi connectivity index (χ3n) is 4.46. The highest BCUT2D eigenvalue weighted by Crippen LogP contribution is 2.16. The zero-order valence-corrected chi connectivity index (χ0v) is 15.4. The molecule has 24 heavy (non-hydrogen) atoms. The van der Waals surface area contributed by atoms with E-state index in [4.69, 9.17) is 0 Å². The monoisotopic (exact) mass is 325 g/mol. The van der Waals surface area contributed by atoms with Crippen molar-refractivity contribution in [2.24, 2.45) is 0 Å². The molecule has 0 unspecified atom stereocenters. The van der Waals surface area contributed by atoms with Gasteiger partial charge in [0.05, 0.1) is 11.7 Å². The van der Waals surface area contributed by atoms with E-state index in [2.05, 4.69) is 60.1 Å². The van der Waals surface area contributed by atoms with Crippen LogP contribution in [0.2, 0.25) is 0 Å². The van der Waals surface area contributed by atoms with Crippen LogP contribution in [0.5, 0.6) is 0 Å². The number of nitrogens with zero attached hydrogens (tertiary/aromatic N) is 3. The molecule has 0 bridgehead atoms. The zero-order valence-electron chi connectivity index (χ0n) is 15.4. The molecule has 3 rings (SSSR count). The number of unbranched alkanes of at least 4 members (excludes halogenated alkanes) is 2. The van der Waals surface area contributed by atoms with Crippen molar-refractivity contribution in [2.75, 3.05) is 13.1 Å². The molecule has 1 aliphatic rings. The van der Waals surface area contributed by atoms with E-state index in [1.165, 1.54) is 44.2 Å². The van der Waals surface area contributed by atoms with Gasteiger partial charge in [0.2, 0.25) is 0 Å². The Bertz CT molecular complexity index is 540. The lowest BCUT2D eigenvalue weighted by atomic mass is 10.2. The van der Waals surface area contributed by atoms with Gasteiger partial charge in [-0.05, 0) is 31.9 Å². The zero-order chi connectivity index (χ0) is 17.2. The van der Waals surface area contributed by atoms with Gasteiger partial charge in [-0.25, -0.2) is 0 Å². The quantitative estimate of drug-likeness (QED) is 0.722. The molecular formula is C21H31N3. The average molecular weight is 326 g/mol. The fourth-order valence-electron chi connectivity index (χ4n) is 2.83. The lowest BCUT2D eigenvalue weighted by Crippen LogP contribution is -2.36. The first kappa shape index (κ1) is 18.3. The third kappa shape index (κ3) is 5.26. The first-order chi connectivity index (χ1) is 11.8. The van der Waals surface area contributed by atoms with Crippen molar-refractivity contribution in [1.82, 2.24) is 14.8 Å². The van der Waals surface area contributed by atoms with Crippen molar-refractivity contribution in [1.29, 1.82) is 0 Å². The summed E-state index contributed by atoms with van der Waals surface area (Å²) in [6.07, 6.45) is 12.0. The average Bonchev–Trinajstić information content (AvgIpc) is 2.98. The van der Waals surface area contributed by atoms with E-state index in [9.17, 15) is 0 Å². The van der Waals surface area contributed by atoms with Gasteiger partial charge in [-0.1, -0.05) is 51.0 Å². The Hall–Kier alpha value is -2.03. The van der Waals surface area contributed by atoms with E-state index in [1.54, 1.807) is 0 Å². The molecule has 1 aromatic carbocycles. The Morgan fingerprint density at radius 1 is 0.875 bits per heavy atom. The molecule has 1 aliphatic heterocycles. The summed E-state index contributed by atoms with van der Waals surface area (Å²) in [7, 11) is 0. The fourth-order valence-corrected chi connectivity index (χ4v) is 2.83. The van der Waals surface area contributed by atoms with Crippen LogP contribution in [-0.4, -0.2) is 34.0 Å². The fraction of sp³-hybridized carbons (Fsp3) is 0.476. The van der Waals surface area contributed by atoms with Crippen molar-refractivity contribution in [2.45, 2.75) is 52.6 Å². The minimum atomic E-state index is 0.577. The Morgan fingerprint density at radius 2 is 1.46 bits per heavy atom. The second-order valence-electron chi connectivity index (χ2n) is 6.31. The summed E-state index contributed by atoms with van der Waals surface area (Å²) in [6, 6.07) is 12.1. The van der Waals surface area contributed by atoms with Crippen LogP contribution in [-0.2, 0) is 0 Å². The first-order valence-corrected chi connectivity index (χ1v) is 9.25. The van der Waals surface area contributed by atoms with Crippen LogP contribution in [0.1, 0.15) is 46.5 Å². The summed E-state index contributed by atoms with van der Waals surface area (Å²) in [6.45, 7) is 9.21. The summed E-state index contributed by atoms with van der Waals surface area (Å²) in [5.41, 5.74) is 1.06. The molecular weight excluding hydrogens is 294 g/mol. The van der Waals surface area contributed by atoms with Gasteiger partial charge in [0, 0.05) is 37.1 Å². The van der Waals surface area contributed by atoms with Gasteiger partial charge in [-0.2, -0.15) is 0 Å². The van der Waals surface area contributed by atoms with Crippen molar-refractivity contribution in [3.05, 3.63) is 55.0 Å². The SMILES string of the molecule is CCCCN1C=CN(CCCC)C1C.c1ccc2ncccc2c1. The molecule has 130 valence electrons. The van der Waals surface area contributed by atoms with Crippen LogP contribution < -0.4 is 0 Å². The summed E-state index contributed by atoms with van der Waals surface area (Å²) >= 11 is 0. The largest absolute Gasteiger partial charge is 0.356 e. The lowest BCUT2D eigenvalue weighted by Gasteiger charge is -2.29. The summed E-state index contributed by atoms with van der Waals surface area (Å²) < 4.78 is 0.